The minimum Gasteiger partial charge on any atom is -0.504 e. The largest absolute Gasteiger partial charge is 0.504 e. The van der Waals surface area contributed by atoms with Crippen molar-refractivity contribution in [2.24, 2.45) is 5.16 Å². The van der Waals surface area contributed by atoms with Gasteiger partial charge in [0, 0.05) is 29.7 Å². The number of carboxylic acid groups (broad SMARTS) is 1. The molecular formula is C22H21N5O11S3. The number of phenolic OH excluding ortho intramolecular Hbond substituents is 2. The first kappa shape index (κ1) is 29.6. The summed E-state index contributed by atoms with van der Waals surface area (Å²) in [7, 11) is -4.20. The number of rotatable bonds is 10. The molecule has 0 aliphatic carbocycles. The van der Waals surface area contributed by atoms with E-state index in [9.17, 15) is 42.9 Å². The van der Waals surface area contributed by atoms with Crippen LogP contribution in [0.2, 0.25) is 0 Å². The average Bonchev–Trinajstić information content (AvgIpc) is 3.34. The van der Waals surface area contributed by atoms with Crippen molar-refractivity contribution >= 4 is 67.5 Å². The van der Waals surface area contributed by atoms with Gasteiger partial charge in [0.2, 0.25) is 15.8 Å². The summed E-state index contributed by atoms with van der Waals surface area (Å²) in [6, 6.07) is 1.62. The van der Waals surface area contributed by atoms with Crippen molar-refractivity contribution in [3.8, 4) is 11.5 Å². The number of thiazole rings is 1. The third-order valence-electron chi connectivity index (χ3n) is 5.64. The third kappa shape index (κ3) is 6.20. The number of fused-ring (bicyclic) bond motifs is 1. The molecule has 19 heteroatoms. The van der Waals surface area contributed by atoms with Gasteiger partial charge in [-0.1, -0.05) is 5.16 Å². The minimum atomic E-state index is -4.20. The Bertz CT molecular complexity index is 1600. The second kappa shape index (κ2) is 11.6. The molecule has 4 rings (SSSR count). The minimum absolute atomic E-state index is 0.0537. The fourth-order valence-corrected chi connectivity index (χ4v) is 6.49. The van der Waals surface area contributed by atoms with Crippen LogP contribution in [0.15, 0.2) is 44.9 Å². The zero-order valence-electron chi connectivity index (χ0n) is 20.8. The number of nitrogen functional groups attached to an aromatic ring is 1. The van der Waals surface area contributed by atoms with Crippen LogP contribution in [0.5, 0.6) is 11.5 Å². The molecule has 6 N–H and O–H groups in total. The lowest BCUT2D eigenvalue weighted by Gasteiger charge is -2.49. The fourth-order valence-electron chi connectivity index (χ4n) is 3.72. The lowest BCUT2D eigenvalue weighted by atomic mass is 10.0. The quantitative estimate of drug-likeness (QED) is 0.0739. The van der Waals surface area contributed by atoms with Gasteiger partial charge in [0.1, 0.15) is 29.4 Å². The number of carbonyl (C=O) groups is 4. The third-order valence-corrected chi connectivity index (χ3v) is 9.04. The molecule has 0 unspecified atom stereocenters. The van der Waals surface area contributed by atoms with Crippen molar-refractivity contribution in [3.63, 3.8) is 0 Å². The molecule has 3 heterocycles. The number of β-lactam (4-membered cyclic amide) rings is 1. The normalized spacial score (nSPS) is 18.8. The number of hydrogen-bond donors (Lipinski definition) is 5. The number of esters is 1. The maximum Gasteiger partial charge on any atom is 0.352 e. The Morgan fingerprint density at radius 2 is 2.00 bits per heavy atom. The van der Waals surface area contributed by atoms with Gasteiger partial charge in [-0.15, -0.1) is 23.1 Å². The Kier molecular flexibility index (Phi) is 8.40. The van der Waals surface area contributed by atoms with E-state index in [-0.39, 0.29) is 34.5 Å². The molecule has 2 aliphatic rings. The summed E-state index contributed by atoms with van der Waals surface area (Å²) in [5.41, 5.74) is 4.91. The molecule has 1 aromatic heterocycles. The summed E-state index contributed by atoms with van der Waals surface area (Å²) in [6.07, 6.45) is 0. The Morgan fingerprint density at radius 1 is 1.27 bits per heavy atom. The Morgan fingerprint density at radius 3 is 2.61 bits per heavy atom. The van der Waals surface area contributed by atoms with E-state index in [2.05, 4.69) is 15.5 Å². The smallest absolute Gasteiger partial charge is 0.352 e. The number of oxime groups is 1. The van der Waals surface area contributed by atoms with Gasteiger partial charge in [-0.3, -0.25) is 19.3 Å². The van der Waals surface area contributed by atoms with E-state index in [1.807, 2.05) is 0 Å². The first-order chi connectivity index (χ1) is 19.3. The molecule has 0 radical (unpaired) electrons. The number of nitrogens with zero attached hydrogens (tertiary/aromatic N) is 3. The Balaban J connectivity index is 1.52. The number of aliphatic carboxylic acids is 1. The number of aromatic nitrogens is 1. The van der Waals surface area contributed by atoms with E-state index in [0.29, 0.717) is 0 Å². The number of nitrogens with one attached hydrogen (secondary N) is 1. The molecule has 2 aromatic rings. The molecule has 0 saturated carbocycles. The number of sulfone groups is 1. The number of aromatic hydroxyl groups is 2. The van der Waals surface area contributed by atoms with Crippen LogP contribution in [0.3, 0.4) is 0 Å². The van der Waals surface area contributed by atoms with Gasteiger partial charge in [0.25, 0.3) is 11.8 Å². The molecule has 0 bridgehead atoms. The summed E-state index contributed by atoms with van der Waals surface area (Å²) in [6.45, 7) is 0.843. The van der Waals surface area contributed by atoms with Gasteiger partial charge in [-0.25, -0.2) is 18.2 Å². The number of thioether (sulfide) groups is 1. The predicted molar refractivity (Wildman–Crippen MR) is 142 cm³/mol. The Labute approximate surface area is 239 Å². The molecule has 1 saturated heterocycles. The van der Waals surface area contributed by atoms with E-state index in [1.54, 1.807) is 0 Å². The highest BCUT2D eigenvalue weighted by Gasteiger charge is 2.54. The first-order valence-electron chi connectivity index (χ1n) is 11.3. The van der Waals surface area contributed by atoms with Crippen molar-refractivity contribution < 1.29 is 52.5 Å². The van der Waals surface area contributed by atoms with E-state index in [1.165, 1.54) is 5.38 Å². The lowest BCUT2D eigenvalue weighted by molar-refractivity contribution is -0.150. The van der Waals surface area contributed by atoms with E-state index >= 15 is 0 Å². The summed E-state index contributed by atoms with van der Waals surface area (Å²) in [5, 5.41) is 35.3. The van der Waals surface area contributed by atoms with Crippen LogP contribution in [-0.2, 0) is 38.6 Å². The van der Waals surface area contributed by atoms with Crippen LogP contribution in [0.4, 0.5) is 5.13 Å². The van der Waals surface area contributed by atoms with Gasteiger partial charge >= 0.3 is 11.9 Å². The predicted octanol–water partition coefficient (Wildman–Crippen LogP) is -0.410. The summed E-state index contributed by atoms with van der Waals surface area (Å²) in [4.78, 5) is 58.6. The number of carboxylic acids is 1. The van der Waals surface area contributed by atoms with Crippen molar-refractivity contribution in [2.45, 2.75) is 23.2 Å². The fraction of sp³-hybridized carbons (Fsp3) is 0.273. The molecule has 1 fully saturated rings. The van der Waals surface area contributed by atoms with E-state index in [0.717, 1.165) is 53.1 Å². The van der Waals surface area contributed by atoms with E-state index in [4.69, 9.17) is 15.3 Å². The molecule has 218 valence electrons. The molecule has 0 spiro atoms. The highest BCUT2D eigenvalue weighted by molar-refractivity contribution is 8.00. The Hall–Kier alpha value is -4.36. The van der Waals surface area contributed by atoms with Crippen molar-refractivity contribution in [2.75, 3.05) is 24.0 Å². The molecule has 2 amide bonds. The standard InChI is InChI=1S/C22H21N5O11S3/c1-9(28)37-5-10-6-39-20-16(19(32)27(20)17(10)21(33)34)25-18(31)15(12-7-40-22(23)24-12)26-38-8-41(35,36)11-2-3-13(29)14(30)4-11/h2-4,7,16,20,29-30H,5-6,8H2,1H3,(H2,23,24)(H,25,31)(H,33,34)/t16-,20-/m1/s1. The van der Waals surface area contributed by atoms with Crippen LogP contribution in [0.1, 0.15) is 12.6 Å². The molecular weight excluding hydrogens is 606 g/mol. The van der Waals surface area contributed by atoms with Crippen molar-refractivity contribution in [3.05, 3.63) is 40.5 Å². The van der Waals surface area contributed by atoms with Gasteiger partial charge in [-0.2, -0.15) is 0 Å². The first-order valence-corrected chi connectivity index (χ1v) is 14.9. The van der Waals surface area contributed by atoms with Crippen LogP contribution in [0.25, 0.3) is 0 Å². The van der Waals surface area contributed by atoms with Gasteiger partial charge in [0.15, 0.2) is 22.3 Å². The monoisotopic (exact) mass is 627 g/mol. The van der Waals surface area contributed by atoms with Crippen LogP contribution < -0.4 is 11.1 Å². The van der Waals surface area contributed by atoms with Gasteiger partial charge in [-0.05, 0) is 12.1 Å². The number of amides is 2. The lowest BCUT2D eigenvalue weighted by Crippen LogP contribution is -2.71. The molecule has 41 heavy (non-hydrogen) atoms. The number of ether oxygens (including phenoxy) is 1. The zero-order chi connectivity index (χ0) is 30.1. The summed E-state index contributed by atoms with van der Waals surface area (Å²) >= 11 is 2.09. The maximum atomic E-state index is 13.2. The molecule has 16 nitrogen and oxygen atoms in total. The number of benzene rings is 1. The second-order valence-corrected chi connectivity index (χ2v) is 12.4. The van der Waals surface area contributed by atoms with Gasteiger partial charge < -0.3 is 35.9 Å². The van der Waals surface area contributed by atoms with Crippen LogP contribution >= 0.6 is 23.1 Å². The molecule has 2 atom stereocenters. The number of nitrogens with two attached hydrogens (primary N) is 1. The molecule has 2 aliphatic heterocycles. The number of carbonyl (C=O) groups excluding carboxylic acids is 3. The molecule has 1 aromatic carbocycles. The highest BCUT2D eigenvalue weighted by Crippen LogP contribution is 2.40. The zero-order valence-corrected chi connectivity index (χ0v) is 23.3. The van der Waals surface area contributed by atoms with Crippen LogP contribution in [0, 0.1) is 0 Å². The van der Waals surface area contributed by atoms with Crippen LogP contribution in [-0.4, -0.2) is 92.8 Å². The van der Waals surface area contributed by atoms with Gasteiger partial charge in [0.05, 0.1) is 4.90 Å². The highest BCUT2D eigenvalue weighted by atomic mass is 32.2. The van der Waals surface area contributed by atoms with E-state index < -0.39 is 73.1 Å². The summed E-state index contributed by atoms with van der Waals surface area (Å²) in [5.74, 6) is -5.94. The van der Waals surface area contributed by atoms with Crippen molar-refractivity contribution in [1.82, 2.24) is 15.2 Å². The second-order valence-electron chi connectivity index (χ2n) is 8.42. The average molecular weight is 628 g/mol. The van der Waals surface area contributed by atoms with Crippen molar-refractivity contribution in [1.29, 1.82) is 0 Å². The topological polar surface area (TPSA) is 248 Å². The number of phenols is 2. The number of hydrogen-bond acceptors (Lipinski definition) is 15. The SMILES string of the molecule is CC(=O)OCC1=C(C(=O)O)N2C(=O)[C@@H](NC(=O)C(=NOCS(=O)(=O)c3ccc(O)c(O)c3)c3csc(N)n3)[C@H]2SC1. The summed E-state index contributed by atoms with van der Waals surface area (Å²) < 4.78 is 30.0. The number of anilines is 1. The maximum absolute atomic E-state index is 13.2.